The van der Waals surface area contributed by atoms with Crippen molar-refractivity contribution in [3.05, 3.63) is 64.2 Å². The van der Waals surface area contributed by atoms with Crippen molar-refractivity contribution in [2.75, 3.05) is 11.9 Å². The Balaban J connectivity index is 1.86. The van der Waals surface area contributed by atoms with Gasteiger partial charge in [0, 0.05) is 30.1 Å². The van der Waals surface area contributed by atoms with Crippen molar-refractivity contribution in [3.63, 3.8) is 0 Å². The third-order valence-corrected chi connectivity index (χ3v) is 5.77. The summed E-state index contributed by atoms with van der Waals surface area (Å²) in [6, 6.07) is 12.7. The molecule has 3 rings (SSSR count). The lowest BCUT2D eigenvalue weighted by Crippen LogP contribution is -2.42. The Morgan fingerprint density at radius 1 is 1.15 bits per heavy atom. The molecule has 1 heterocycles. The maximum absolute atomic E-state index is 6.58. The molecule has 0 radical (unpaired) electrons. The minimum absolute atomic E-state index is 0.0183. The summed E-state index contributed by atoms with van der Waals surface area (Å²) in [5, 5.41) is 0.731. The Morgan fingerprint density at radius 3 is 2.52 bits per heavy atom. The molecule has 2 aromatic carbocycles. The summed E-state index contributed by atoms with van der Waals surface area (Å²) < 4.78 is 0. The van der Waals surface area contributed by atoms with Crippen LogP contribution in [0.25, 0.3) is 5.57 Å². The van der Waals surface area contributed by atoms with E-state index in [0.29, 0.717) is 0 Å². The van der Waals surface area contributed by atoms with Gasteiger partial charge in [-0.1, -0.05) is 43.2 Å². The van der Waals surface area contributed by atoms with E-state index in [1.165, 1.54) is 35.2 Å². The maximum atomic E-state index is 6.58. The van der Waals surface area contributed by atoms with Gasteiger partial charge < -0.3 is 4.90 Å². The molecule has 0 unspecified atom stereocenters. The van der Waals surface area contributed by atoms with Crippen LogP contribution in [0.15, 0.2) is 47.5 Å². The number of halogens is 1. The van der Waals surface area contributed by atoms with Crippen molar-refractivity contribution in [1.82, 2.24) is 0 Å². The molecule has 0 N–H and O–H groups in total. The normalized spacial score (nSPS) is 15.8. The average Bonchev–Trinajstić information content (AvgIpc) is 2.64. The fourth-order valence-corrected chi connectivity index (χ4v) is 3.77. The number of hydrogen-bond acceptors (Lipinski definition) is 2. The third-order valence-electron chi connectivity index (χ3n) is 5.44. The van der Waals surface area contributed by atoms with Gasteiger partial charge in [0.05, 0.1) is 16.2 Å². The molecule has 3 heteroatoms. The summed E-state index contributed by atoms with van der Waals surface area (Å²) in [6.45, 7) is 8.81. The molecule has 0 atom stereocenters. The molecule has 0 saturated carbocycles. The van der Waals surface area contributed by atoms with E-state index in [2.05, 4.69) is 87.1 Å². The highest BCUT2D eigenvalue weighted by Crippen LogP contribution is 2.40. The first-order valence-electron chi connectivity index (χ1n) is 9.72. The van der Waals surface area contributed by atoms with Crippen LogP contribution < -0.4 is 4.90 Å². The number of aliphatic imine (C=N–C) groups is 1. The third kappa shape index (κ3) is 4.27. The lowest BCUT2D eigenvalue weighted by atomic mass is 9.88. The van der Waals surface area contributed by atoms with Gasteiger partial charge in [0.25, 0.3) is 0 Å². The van der Waals surface area contributed by atoms with E-state index < -0.39 is 0 Å². The van der Waals surface area contributed by atoms with Crippen molar-refractivity contribution < 1.29 is 0 Å². The van der Waals surface area contributed by atoms with Gasteiger partial charge in [-0.05, 0) is 69.0 Å². The SMILES string of the molecule is CCCCc1ccc(N=Cc2cc3c(cc2Cl)N(C)C(C)(C)C=C3C)cc1. The van der Waals surface area contributed by atoms with Gasteiger partial charge in [-0.15, -0.1) is 0 Å². The van der Waals surface area contributed by atoms with Crippen molar-refractivity contribution in [2.45, 2.75) is 52.5 Å². The molecule has 1 aliphatic heterocycles. The van der Waals surface area contributed by atoms with Crippen LogP contribution in [0.1, 0.15) is 57.2 Å². The van der Waals surface area contributed by atoms with Crippen LogP contribution in [0.2, 0.25) is 5.02 Å². The van der Waals surface area contributed by atoms with Gasteiger partial charge in [0.15, 0.2) is 0 Å². The number of hydrogen-bond donors (Lipinski definition) is 0. The highest BCUT2D eigenvalue weighted by molar-refractivity contribution is 6.33. The van der Waals surface area contributed by atoms with Gasteiger partial charge in [-0.3, -0.25) is 4.99 Å². The molecule has 0 saturated heterocycles. The van der Waals surface area contributed by atoms with E-state index in [9.17, 15) is 0 Å². The fourth-order valence-electron chi connectivity index (χ4n) is 3.56. The summed E-state index contributed by atoms with van der Waals surface area (Å²) in [5.74, 6) is 0. The lowest BCUT2D eigenvalue weighted by molar-refractivity contribution is 0.598. The Bertz CT molecular complexity index is 876. The van der Waals surface area contributed by atoms with E-state index in [-0.39, 0.29) is 5.54 Å². The molecular formula is C24H29ClN2. The van der Waals surface area contributed by atoms with Gasteiger partial charge in [-0.25, -0.2) is 0 Å². The van der Waals surface area contributed by atoms with Crippen LogP contribution in [0.5, 0.6) is 0 Å². The minimum atomic E-state index is -0.0183. The Labute approximate surface area is 168 Å². The smallest absolute Gasteiger partial charge is 0.0630 e. The largest absolute Gasteiger partial charge is 0.365 e. The van der Waals surface area contributed by atoms with E-state index in [1.807, 2.05) is 6.21 Å². The Hall–Kier alpha value is -2.06. The summed E-state index contributed by atoms with van der Waals surface area (Å²) in [5.41, 5.74) is 6.92. The second-order valence-electron chi connectivity index (χ2n) is 7.96. The van der Waals surface area contributed by atoms with Gasteiger partial charge in [0.2, 0.25) is 0 Å². The van der Waals surface area contributed by atoms with Crippen LogP contribution in [0.3, 0.4) is 0 Å². The predicted molar refractivity (Wildman–Crippen MR) is 120 cm³/mol. The highest BCUT2D eigenvalue weighted by atomic mass is 35.5. The molecule has 2 nitrogen and oxygen atoms in total. The van der Waals surface area contributed by atoms with E-state index in [1.54, 1.807) is 0 Å². The zero-order valence-corrected chi connectivity index (χ0v) is 17.8. The number of anilines is 1. The lowest BCUT2D eigenvalue weighted by Gasteiger charge is -2.40. The first kappa shape index (κ1) is 19.7. The molecule has 0 amide bonds. The number of likely N-dealkylation sites (N-methyl/N-ethyl adjacent to an activating group) is 1. The standard InChI is InChI=1S/C24H29ClN2/c1-6-7-8-18-9-11-20(12-10-18)26-16-19-13-21-17(2)15-24(3,4)27(5)23(21)14-22(19)25/h9-16H,6-8H2,1-5H3. The number of unbranched alkanes of at least 4 members (excludes halogenated alkanes) is 1. The number of aryl methyl sites for hydroxylation is 1. The van der Waals surface area contributed by atoms with Crippen molar-refractivity contribution >= 4 is 34.8 Å². The molecule has 0 fully saturated rings. The van der Waals surface area contributed by atoms with Gasteiger partial charge >= 0.3 is 0 Å². The predicted octanol–water partition coefficient (Wildman–Crippen LogP) is 7.06. The van der Waals surface area contributed by atoms with E-state index >= 15 is 0 Å². The Kier molecular flexibility index (Phi) is 5.76. The van der Waals surface area contributed by atoms with E-state index in [0.717, 1.165) is 22.7 Å². The number of benzene rings is 2. The van der Waals surface area contributed by atoms with Gasteiger partial charge in [-0.2, -0.15) is 0 Å². The minimum Gasteiger partial charge on any atom is -0.365 e. The molecule has 0 aromatic heterocycles. The van der Waals surface area contributed by atoms with Crippen molar-refractivity contribution in [1.29, 1.82) is 0 Å². The first-order chi connectivity index (χ1) is 12.8. The molecule has 2 aromatic rings. The number of rotatable bonds is 5. The number of nitrogens with zero attached hydrogens (tertiary/aromatic N) is 2. The first-order valence-corrected chi connectivity index (χ1v) is 10.1. The molecule has 0 aliphatic carbocycles. The topological polar surface area (TPSA) is 15.6 Å². The summed E-state index contributed by atoms with van der Waals surface area (Å²) in [4.78, 5) is 6.91. The molecule has 1 aliphatic rings. The van der Waals surface area contributed by atoms with Crippen molar-refractivity contribution in [3.8, 4) is 0 Å². The molecule has 0 bridgehead atoms. The number of allylic oxidation sites excluding steroid dienone is 1. The summed E-state index contributed by atoms with van der Waals surface area (Å²) in [6.07, 6.45) is 7.75. The second-order valence-corrected chi connectivity index (χ2v) is 8.37. The zero-order valence-electron chi connectivity index (χ0n) is 17.0. The molecule has 27 heavy (non-hydrogen) atoms. The van der Waals surface area contributed by atoms with Crippen LogP contribution in [-0.2, 0) is 6.42 Å². The summed E-state index contributed by atoms with van der Waals surface area (Å²) in [7, 11) is 2.12. The van der Waals surface area contributed by atoms with Crippen LogP contribution >= 0.6 is 11.6 Å². The van der Waals surface area contributed by atoms with Crippen LogP contribution in [0, 0.1) is 0 Å². The maximum Gasteiger partial charge on any atom is 0.0630 e. The highest BCUT2D eigenvalue weighted by Gasteiger charge is 2.29. The molecular weight excluding hydrogens is 352 g/mol. The fraction of sp³-hybridized carbons (Fsp3) is 0.375. The average molecular weight is 381 g/mol. The second kappa shape index (κ2) is 7.90. The molecule has 142 valence electrons. The zero-order chi connectivity index (χ0) is 19.6. The van der Waals surface area contributed by atoms with Crippen molar-refractivity contribution in [2.24, 2.45) is 4.99 Å². The Morgan fingerprint density at radius 2 is 1.85 bits per heavy atom. The summed E-state index contributed by atoms with van der Waals surface area (Å²) >= 11 is 6.58. The monoisotopic (exact) mass is 380 g/mol. The van der Waals surface area contributed by atoms with Gasteiger partial charge in [0.1, 0.15) is 0 Å². The number of fused-ring (bicyclic) bond motifs is 1. The van der Waals surface area contributed by atoms with E-state index in [4.69, 9.17) is 11.6 Å². The van der Waals surface area contributed by atoms with Crippen LogP contribution in [-0.4, -0.2) is 18.8 Å². The molecule has 0 spiro atoms. The van der Waals surface area contributed by atoms with Crippen LogP contribution in [0.4, 0.5) is 11.4 Å². The quantitative estimate of drug-likeness (QED) is 0.506.